The van der Waals surface area contributed by atoms with Gasteiger partial charge >= 0.3 is 5.97 Å². The number of allylic oxidation sites excluding steroid dienone is 4. The van der Waals surface area contributed by atoms with Gasteiger partial charge in [-0.1, -0.05) is 55.0 Å². The largest absolute Gasteiger partial charge is 0.462 e. The molecule has 5 aliphatic rings. The van der Waals surface area contributed by atoms with E-state index in [1.807, 2.05) is 12.2 Å². The lowest BCUT2D eigenvalue weighted by Gasteiger charge is -2.49. The summed E-state index contributed by atoms with van der Waals surface area (Å²) in [6, 6.07) is 0. The van der Waals surface area contributed by atoms with Crippen LogP contribution in [0, 0.1) is 17.8 Å². The van der Waals surface area contributed by atoms with Crippen LogP contribution in [0.15, 0.2) is 52.3 Å². The molecular formula is C31H43NO7. The molecule has 1 aliphatic carbocycles. The Kier molecular flexibility index (Phi) is 7.94. The number of ether oxygens (including phenoxy) is 4. The molecule has 9 atom stereocenters. The van der Waals surface area contributed by atoms with Crippen LogP contribution >= 0.6 is 0 Å². The summed E-state index contributed by atoms with van der Waals surface area (Å²) in [7, 11) is 0. The Labute approximate surface area is 231 Å². The Morgan fingerprint density at radius 1 is 1.13 bits per heavy atom. The lowest BCUT2D eigenvalue weighted by molar-refractivity contribution is -0.332. The first-order valence-electron chi connectivity index (χ1n) is 14.4. The fraction of sp³-hybridized carbons (Fsp3) is 0.677. The van der Waals surface area contributed by atoms with Crippen molar-refractivity contribution in [3.05, 3.63) is 47.1 Å². The van der Waals surface area contributed by atoms with Crippen molar-refractivity contribution in [1.29, 1.82) is 0 Å². The standard InChI is InChI=1S/C31H43NO7/c1-18-7-6-8-23-17-36-28-27(32-35)21(4)14-26(31(23,28)34)29(33)37-25-15-24(10-9-19(2)13-18)39-30(16-25)12-11-20(3)22(5)38-30/h6-9,14,18,20,22,24-26,28,34-35H,10-13,15-17H2,1-5H3/b7-6+,19-9+,23-8?,32-27-/t18-,20-,22+,24+,25-,26-,28+,30-,31+/m0/s1. The predicted octanol–water partition coefficient (Wildman–Crippen LogP) is 5.00. The summed E-state index contributed by atoms with van der Waals surface area (Å²) >= 11 is 0. The second-order valence-electron chi connectivity index (χ2n) is 12.4. The van der Waals surface area contributed by atoms with Crippen LogP contribution < -0.4 is 0 Å². The zero-order valence-corrected chi connectivity index (χ0v) is 23.8. The Hall–Kier alpha value is -2.26. The smallest absolute Gasteiger partial charge is 0.316 e. The van der Waals surface area contributed by atoms with Crippen LogP contribution in [0.2, 0.25) is 0 Å². The van der Waals surface area contributed by atoms with Gasteiger partial charge in [-0.15, -0.1) is 0 Å². The fourth-order valence-corrected chi connectivity index (χ4v) is 6.85. The SMILES string of the molecule is CC1=C[C@H]2C(=O)O[C@H]3C[C@@H](C/C=C(\C)C[C@@H](C)/C=C/C=C4CO[C@H](/C1=N\O)[C@@]42O)O[C@@]1(CC[C@H](C)[C@@H](C)O1)C3. The Morgan fingerprint density at radius 3 is 2.67 bits per heavy atom. The number of carbonyl (C=O) groups is 1. The number of carbonyl (C=O) groups excluding carboxylic acids is 1. The van der Waals surface area contributed by atoms with Crippen molar-refractivity contribution in [1.82, 2.24) is 0 Å². The molecule has 0 aromatic rings. The molecule has 0 amide bonds. The highest BCUT2D eigenvalue weighted by Crippen LogP contribution is 2.46. The molecule has 0 aromatic heterocycles. The van der Waals surface area contributed by atoms with Crippen molar-refractivity contribution in [3.63, 3.8) is 0 Å². The number of hydrogen-bond acceptors (Lipinski definition) is 8. The minimum absolute atomic E-state index is 0.0431. The molecule has 0 unspecified atom stereocenters. The topological polar surface area (TPSA) is 107 Å². The zero-order chi connectivity index (χ0) is 27.9. The van der Waals surface area contributed by atoms with E-state index in [-0.39, 0.29) is 30.4 Å². The highest BCUT2D eigenvalue weighted by atomic mass is 16.7. The van der Waals surface area contributed by atoms with Crippen LogP contribution in [0.3, 0.4) is 0 Å². The maximum atomic E-state index is 13.9. The molecule has 4 heterocycles. The summed E-state index contributed by atoms with van der Waals surface area (Å²) in [4.78, 5) is 13.9. The third kappa shape index (κ3) is 5.41. The summed E-state index contributed by atoms with van der Waals surface area (Å²) in [6.07, 6.45) is 12.6. The molecule has 214 valence electrons. The molecule has 0 aromatic carbocycles. The normalized spacial score (nSPS) is 46.5. The second kappa shape index (κ2) is 11.0. The molecule has 3 saturated heterocycles. The minimum atomic E-state index is -1.72. The average Bonchev–Trinajstić information content (AvgIpc) is 3.21. The number of nitrogens with zero attached hydrogens (tertiary/aromatic N) is 1. The predicted molar refractivity (Wildman–Crippen MR) is 146 cm³/mol. The van der Waals surface area contributed by atoms with Gasteiger partial charge in [-0.05, 0) is 63.0 Å². The molecule has 4 aliphatic heterocycles. The van der Waals surface area contributed by atoms with Gasteiger partial charge in [0.25, 0.3) is 0 Å². The first-order valence-corrected chi connectivity index (χ1v) is 14.4. The van der Waals surface area contributed by atoms with Crippen molar-refractivity contribution >= 4 is 11.7 Å². The van der Waals surface area contributed by atoms with Crippen LogP contribution in [0.25, 0.3) is 0 Å². The summed E-state index contributed by atoms with van der Waals surface area (Å²) < 4.78 is 25.3. The molecule has 39 heavy (non-hydrogen) atoms. The van der Waals surface area contributed by atoms with Crippen LogP contribution in [0.5, 0.6) is 0 Å². The van der Waals surface area contributed by atoms with Gasteiger partial charge in [0, 0.05) is 19.3 Å². The third-order valence-electron chi connectivity index (χ3n) is 9.25. The number of fused-ring (bicyclic) bond motifs is 2. The van der Waals surface area contributed by atoms with E-state index in [1.165, 1.54) is 5.57 Å². The van der Waals surface area contributed by atoms with Crippen LogP contribution in [0.4, 0.5) is 0 Å². The van der Waals surface area contributed by atoms with Gasteiger partial charge in [0.15, 0.2) is 5.79 Å². The highest BCUT2D eigenvalue weighted by Gasteiger charge is 2.59. The maximum Gasteiger partial charge on any atom is 0.316 e. The second-order valence-corrected chi connectivity index (χ2v) is 12.4. The lowest BCUT2D eigenvalue weighted by Crippen LogP contribution is -2.57. The Morgan fingerprint density at radius 2 is 1.92 bits per heavy atom. The zero-order valence-electron chi connectivity index (χ0n) is 23.8. The molecule has 2 N–H and O–H groups in total. The minimum Gasteiger partial charge on any atom is -0.462 e. The molecule has 2 bridgehead atoms. The number of aliphatic hydroxyl groups is 1. The third-order valence-corrected chi connectivity index (χ3v) is 9.25. The van der Waals surface area contributed by atoms with E-state index in [0.29, 0.717) is 36.3 Å². The van der Waals surface area contributed by atoms with E-state index in [1.54, 1.807) is 13.0 Å². The van der Waals surface area contributed by atoms with Crippen LogP contribution in [-0.2, 0) is 23.7 Å². The molecule has 0 saturated carbocycles. The van der Waals surface area contributed by atoms with Crippen LogP contribution in [0.1, 0.15) is 73.1 Å². The molecule has 1 spiro atoms. The molecular weight excluding hydrogens is 498 g/mol. The highest BCUT2D eigenvalue weighted by molar-refractivity contribution is 6.06. The summed E-state index contributed by atoms with van der Waals surface area (Å²) in [5, 5.41) is 25.2. The monoisotopic (exact) mass is 541 g/mol. The molecule has 8 nitrogen and oxygen atoms in total. The van der Waals surface area contributed by atoms with Gasteiger partial charge < -0.3 is 29.3 Å². The van der Waals surface area contributed by atoms with Crippen molar-refractivity contribution in [2.75, 3.05) is 6.61 Å². The summed E-state index contributed by atoms with van der Waals surface area (Å²) in [5.41, 5.74) is 0.916. The van der Waals surface area contributed by atoms with E-state index in [9.17, 15) is 15.1 Å². The van der Waals surface area contributed by atoms with Gasteiger partial charge in [0.05, 0.1) is 18.8 Å². The van der Waals surface area contributed by atoms with Crippen LogP contribution in [-0.4, -0.2) is 64.4 Å². The first-order chi connectivity index (χ1) is 18.5. The van der Waals surface area contributed by atoms with Crippen molar-refractivity contribution in [2.24, 2.45) is 22.9 Å². The Balaban J connectivity index is 1.53. The van der Waals surface area contributed by atoms with E-state index < -0.39 is 35.5 Å². The first kappa shape index (κ1) is 28.3. The lowest BCUT2D eigenvalue weighted by atomic mass is 9.71. The molecule has 5 rings (SSSR count). The molecule has 8 heteroatoms. The number of hydrogen-bond donors (Lipinski definition) is 2. The van der Waals surface area contributed by atoms with Gasteiger partial charge in [-0.25, -0.2) is 0 Å². The fourth-order valence-electron chi connectivity index (χ4n) is 6.85. The summed E-state index contributed by atoms with van der Waals surface area (Å²) in [6.45, 7) is 10.4. The van der Waals surface area contributed by atoms with E-state index in [4.69, 9.17) is 18.9 Å². The van der Waals surface area contributed by atoms with E-state index in [0.717, 1.165) is 19.3 Å². The van der Waals surface area contributed by atoms with Crippen molar-refractivity contribution in [3.8, 4) is 0 Å². The Bertz CT molecular complexity index is 1120. The van der Waals surface area contributed by atoms with Gasteiger partial charge in [-0.3, -0.25) is 4.79 Å². The van der Waals surface area contributed by atoms with E-state index >= 15 is 0 Å². The quantitative estimate of drug-likeness (QED) is 0.192. The number of esters is 1. The van der Waals surface area contributed by atoms with Gasteiger partial charge in [0.1, 0.15) is 29.4 Å². The van der Waals surface area contributed by atoms with Crippen molar-refractivity contribution in [2.45, 2.75) is 109 Å². The summed E-state index contributed by atoms with van der Waals surface area (Å²) in [5.74, 6) is -1.62. The molecule has 3 fully saturated rings. The van der Waals surface area contributed by atoms with E-state index in [2.05, 4.69) is 45.0 Å². The number of oxime groups is 1. The maximum absolute atomic E-state index is 13.9. The number of rotatable bonds is 0. The van der Waals surface area contributed by atoms with Gasteiger partial charge in [0.2, 0.25) is 0 Å². The van der Waals surface area contributed by atoms with Gasteiger partial charge in [-0.2, -0.15) is 0 Å². The van der Waals surface area contributed by atoms with Crippen molar-refractivity contribution < 1.29 is 34.1 Å². The molecule has 0 radical (unpaired) electrons. The average molecular weight is 542 g/mol.